The van der Waals surface area contributed by atoms with E-state index in [1.807, 2.05) is 27.8 Å². The number of hydrogen-bond donors (Lipinski definition) is 3. The second-order valence-electron chi connectivity index (χ2n) is 7.74. The molecule has 0 spiro atoms. The second kappa shape index (κ2) is 22.3. The SMILES string of the molecule is C/C=C\C(CCN(C)CCC(C)CC)=NC.CC.CNC(=O)NC(C(=O)N(C)C)C(C)O. The van der Waals surface area contributed by atoms with Gasteiger partial charge in [0.25, 0.3) is 0 Å². The zero-order valence-electron chi connectivity index (χ0n) is 22.5. The number of allylic oxidation sites excluding steroid dienone is 2. The quantitative estimate of drug-likeness (QED) is 0.415. The van der Waals surface area contributed by atoms with Gasteiger partial charge >= 0.3 is 6.03 Å². The molecule has 3 unspecified atom stereocenters. The van der Waals surface area contributed by atoms with E-state index in [-0.39, 0.29) is 5.91 Å². The summed E-state index contributed by atoms with van der Waals surface area (Å²) in [6.45, 7) is 14.4. The molecular weight excluding hydrogens is 406 g/mol. The molecule has 0 rings (SSSR count). The minimum absolute atomic E-state index is 0.344. The van der Waals surface area contributed by atoms with Crippen LogP contribution in [0.4, 0.5) is 4.79 Å². The third-order valence-electron chi connectivity index (χ3n) is 4.80. The van der Waals surface area contributed by atoms with Crippen molar-refractivity contribution in [2.24, 2.45) is 10.9 Å². The van der Waals surface area contributed by atoms with Crippen LogP contribution in [0.1, 0.15) is 60.8 Å². The molecule has 0 aliphatic rings. The lowest BCUT2D eigenvalue weighted by molar-refractivity contribution is -0.133. The molecule has 0 aromatic carbocycles. The summed E-state index contributed by atoms with van der Waals surface area (Å²) in [6.07, 6.45) is 6.87. The van der Waals surface area contributed by atoms with Crippen molar-refractivity contribution in [2.75, 3.05) is 48.3 Å². The lowest BCUT2D eigenvalue weighted by Crippen LogP contribution is -2.54. The zero-order valence-corrected chi connectivity index (χ0v) is 22.5. The maximum Gasteiger partial charge on any atom is 0.315 e. The van der Waals surface area contributed by atoms with Crippen molar-refractivity contribution in [3.8, 4) is 0 Å². The van der Waals surface area contributed by atoms with Gasteiger partial charge in [0, 0.05) is 46.9 Å². The fraction of sp³-hybridized carbons (Fsp3) is 0.792. The van der Waals surface area contributed by atoms with Crippen LogP contribution in [0, 0.1) is 5.92 Å². The number of hydrogen-bond acceptors (Lipinski definition) is 5. The van der Waals surface area contributed by atoms with E-state index in [0.29, 0.717) is 0 Å². The van der Waals surface area contributed by atoms with Gasteiger partial charge in [0.15, 0.2) is 0 Å². The highest BCUT2D eigenvalue weighted by Crippen LogP contribution is 2.07. The predicted octanol–water partition coefficient (Wildman–Crippen LogP) is 3.17. The molecule has 0 radical (unpaired) electrons. The van der Waals surface area contributed by atoms with Gasteiger partial charge in [-0.3, -0.25) is 9.79 Å². The molecular formula is C24H51N5O3. The lowest BCUT2D eigenvalue weighted by atomic mass is 10.1. The van der Waals surface area contributed by atoms with E-state index in [4.69, 9.17) is 0 Å². The molecule has 0 aromatic heterocycles. The van der Waals surface area contributed by atoms with Crippen LogP contribution in [0.3, 0.4) is 0 Å². The highest BCUT2D eigenvalue weighted by Gasteiger charge is 2.26. The van der Waals surface area contributed by atoms with Crippen LogP contribution < -0.4 is 10.6 Å². The Morgan fingerprint density at radius 2 is 1.69 bits per heavy atom. The van der Waals surface area contributed by atoms with E-state index in [2.05, 4.69) is 53.6 Å². The van der Waals surface area contributed by atoms with Gasteiger partial charge in [0.2, 0.25) is 5.91 Å². The van der Waals surface area contributed by atoms with Crippen LogP contribution in [0.25, 0.3) is 0 Å². The summed E-state index contributed by atoms with van der Waals surface area (Å²) in [4.78, 5) is 30.4. The van der Waals surface area contributed by atoms with Crippen LogP contribution in [0.15, 0.2) is 17.1 Å². The maximum atomic E-state index is 11.5. The first-order valence-electron chi connectivity index (χ1n) is 11.7. The number of rotatable bonds is 11. The van der Waals surface area contributed by atoms with Crippen molar-refractivity contribution >= 4 is 17.6 Å². The highest BCUT2D eigenvalue weighted by molar-refractivity contribution is 5.94. The fourth-order valence-electron chi connectivity index (χ4n) is 2.40. The molecule has 8 heteroatoms. The Morgan fingerprint density at radius 1 is 1.12 bits per heavy atom. The summed E-state index contributed by atoms with van der Waals surface area (Å²) in [6, 6.07) is -1.41. The molecule has 0 aliphatic heterocycles. The van der Waals surface area contributed by atoms with E-state index in [0.717, 1.165) is 18.9 Å². The van der Waals surface area contributed by atoms with E-state index < -0.39 is 18.2 Å². The Balaban J connectivity index is -0.000000491. The number of aliphatic hydroxyl groups excluding tert-OH is 1. The first-order valence-corrected chi connectivity index (χ1v) is 11.7. The number of carbonyl (C=O) groups excluding carboxylic acids is 2. The Morgan fingerprint density at radius 3 is 2.06 bits per heavy atom. The monoisotopic (exact) mass is 457 g/mol. The van der Waals surface area contributed by atoms with Gasteiger partial charge in [-0.1, -0.05) is 40.2 Å². The summed E-state index contributed by atoms with van der Waals surface area (Å²) in [7, 11) is 8.63. The predicted molar refractivity (Wildman–Crippen MR) is 137 cm³/mol. The lowest BCUT2D eigenvalue weighted by Gasteiger charge is -2.23. The fourth-order valence-corrected chi connectivity index (χ4v) is 2.40. The van der Waals surface area contributed by atoms with Gasteiger partial charge in [-0.15, -0.1) is 0 Å². The smallest absolute Gasteiger partial charge is 0.315 e. The van der Waals surface area contributed by atoms with Gasteiger partial charge in [-0.25, -0.2) is 4.79 Å². The van der Waals surface area contributed by atoms with Crippen molar-refractivity contribution in [1.82, 2.24) is 20.4 Å². The first-order chi connectivity index (χ1) is 15.0. The van der Waals surface area contributed by atoms with Crippen molar-refractivity contribution in [1.29, 1.82) is 0 Å². The van der Waals surface area contributed by atoms with E-state index in [1.165, 1.54) is 44.0 Å². The summed E-state index contributed by atoms with van der Waals surface area (Å²) in [5.41, 5.74) is 1.19. The van der Waals surface area contributed by atoms with Crippen LogP contribution in [0.2, 0.25) is 0 Å². The number of aliphatic hydroxyl groups is 1. The molecule has 0 bridgehead atoms. The van der Waals surface area contributed by atoms with Crippen LogP contribution in [-0.4, -0.2) is 93.0 Å². The third-order valence-corrected chi connectivity index (χ3v) is 4.80. The molecule has 3 N–H and O–H groups in total. The summed E-state index contributed by atoms with van der Waals surface area (Å²) in [5.74, 6) is 0.501. The zero-order chi connectivity index (χ0) is 25.7. The van der Waals surface area contributed by atoms with Crippen molar-refractivity contribution in [3.63, 3.8) is 0 Å². The molecule has 190 valence electrons. The number of urea groups is 1. The van der Waals surface area contributed by atoms with Crippen LogP contribution in [0.5, 0.6) is 0 Å². The normalized spacial score (nSPS) is 13.8. The largest absolute Gasteiger partial charge is 0.391 e. The van der Waals surface area contributed by atoms with Crippen LogP contribution in [-0.2, 0) is 4.79 Å². The number of likely N-dealkylation sites (N-methyl/N-ethyl adjacent to an activating group) is 1. The molecule has 0 aliphatic carbocycles. The Kier molecular flexibility index (Phi) is 24.1. The van der Waals surface area contributed by atoms with E-state index in [9.17, 15) is 14.7 Å². The van der Waals surface area contributed by atoms with Gasteiger partial charge in [-0.05, 0) is 45.9 Å². The maximum absolute atomic E-state index is 11.5. The van der Waals surface area contributed by atoms with Crippen molar-refractivity contribution in [2.45, 2.75) is 73.0 Å². The molecule has 8 nitrogen and oxygen atoms in total. The first kappa shape index (κ1) is 34.7. The van der Waals surface area contributed by atoms with Crippen LogP contribution >= 0.6 is 0 Å². The summed E-state index contributed by atoms with van der Waals surface area (Å²) < 4.78 is 0. The molecule has 0 aromatic rings. The molecule has 0 heterocycles. The van der Waals surface area contributed by atoms with E-state index >= 15 is 0 Å². The van der Waals surface area contributed by atoms with Gasteiger partial charge in [0.05, 0.1) is 6.10 Å². The standard InChI is InChI=1S/C14H28N2.C8H17N3O3.C2H6/c1-6-8-14(15-4)10-12-16(5)11-9-13(3)7-2;1-5(12)6(7(13)11(3)4)10-8(14)9-2;1-2/h6,8,13H,7,9-12H2,1-5H3;5-6,12H,1-4H3,(H2,9,10,14);1-2H3/b8-6-,15-14?;;. The number of aliphatic imine (C=N–C) groups is 1. The summed E-state index contributed by atoms with van der Waals surface area (Å²) in [5, 5.41) is 14.0. The summed E-state index contributed by atoms with van der Waals surface area (Å²) >= 11 is 0. The number of nitrogens with one attached hydrogen (secondary N) is 2. The van der Waals surface area contributed by atoms with Gasteiger partial charge in [-0.2, -0.15) is 0 Å². The Labute approximate surface area is 197 Å². The number of amides is 3. The molecule has 3 amide bonds. The molecule has 0 fully saturated rings. The minimum atomic E-state index is -0.929. The number of nitrogens with zero attached hydrogens (tertiary/aromatic N) is 3. The average Bonchev–Trinajstić information content (AvgIpc) is 2.79. The Bertz CT molecular complexity index is 534. The molecule has 32 heavy (non-hydrogen) atoms. The molecule has 3 atom stereocenters. The average molecular weight is 458 g/mol. The van der Waals surface area contributed by atoms with Gasteiger partial charge in [0.1, 0.15) is 6.04 Å². The highest BCUT2D eigenvalue weighted by atomic mass is 16.3. The Hall–Kier alpha value is -1.93. The minimum Gasteiger partial charge on any atom is -0.391 e. The second-order valence-corrected chi connectivity index (χ2v) is 7.74. The van der Waals surface area contributed by atoms with E-state index in [1.54, 1.807) is 14.1 Å². The van der Waals surface area contributed by atoms with Crippen molar-refractivity contribution in [3.05, 3.63) is 12.2 Å². The van der Waals surface area contributed by atoms with Crippen molar-refractivity contribution < 1.29 is 14.7 Å². The molecule has 0 saturated carbocycles. The van der Waals surface area contributed by atoms with Gasteiger partial charge < -0.3 is 25.5 Å². The number of carbonyl (C=O) groups is 2. The topological polar surface area (TPSA) is 97.3 Å². The molecule has 0 saturated heterocycles. The third kappa shape index (κ3) is 18.8.